The van der Waals surface area contributed by atoms with E-state index in [1.807, 2.05) is 0 Å². The van der Waals surface area contributed by atoms with Gasteiger partial charge in [0.25, 0.3) is 0 Å². The van der Waals surface area contributed by atoms with Crippen LogP contribution in [0.3, 0.4) is 0 Å². The molecular formula is C13H17N3O2S2. The molecule has 1 saturated heterocycles. The Hall–Kier alpha value is -1.18. The molecule has 20 heavy (non-hydrogen) atoms. The number of aromatic amines is 1. The average molecular weight is 311 g/mol. The number of anilines is 1. The predicted molar refractivity (Wildman–Crippen MR) is 83.4 cm³/mol. The molecule has 0 saturated carbocycles. The van der Waals surface area contributed by atoms with Crippen molar-refractivity contribution in [3.8, 4) is 0 Å². The first-order valence-corrected chi connectivity index (χ1v) is 9.02. The number of nitrogens with two attached hydrogens (primary N) is 1. The van der Waals surface area contributed by atoms with Crippen molar-refractivity contribution in [3.05, 3.63) is 24.4 Å². The highest BCUT2D eigenvalue weighted by atomic mass is 32.2. The number of H-pyrrole nitrogens is 1. The Bertz CT molecular complexity index is 733. The molecular weight excluding hydrogens is 294 g/mol. The van der Waals surface area contributed by atoms with Gasteiger partial charge in [-0.1, -0.05) is 0 Å². The molecule has 2 heterocycles. The van der Waals surface area contributed by atoms with Crippen LogP contribution in [0, 0.1) is 0 Å². The molecule has 2 aromatic rings. The van der Waals surface area contributed by atoms with Crippen LogP contribution in [0.4, 0.5) is 5.69 Å². The highest BCUT2D eigenvalue weighted by Crippen LogP contribution is 2.30. The van der Waals surface area contributed by atoms with Gasteiger partial charge >= 0.3 is 0 Å². The second-order valence-electron chi connectivity index (χ2n) is 5.00. The molecule has 0 amide bonds. The average Bonchev–Trinajstić information content (AvgIpc) is 3.06. The Morgan fingerprint density at radius 2 is 2.25 bits per heavy atom. The summed E-state index contributed by atoms with van der Waals surface area (Å²) < 4.78 is 27.0. The number of nitrogens with one attached hydrogen (secondary N) is 1. The maximum absolute atomic E-state index is 12.8. The largest absolute Gasteiger partial charge is 0.399 e. The van der Waals surface area contributed by atoms with Crippen LogP contribution in [-0.2, 0) is 10.0 Å². The Morgan fingerprint density at radius 1 is 1.45 bits per heavy atom. The zero-order valence-corrected chi connectivity index (χ0v) is 12.8. The molecule has 1 aliphatic rings. The zero-order valence-electron chi connectivity index (χ0n) is 11.2. The van der Waals surface area contributed by atoms with Crippen LogP contribution in [0.25, 0.3) is 10.9 Å². The summed E-state index contributed by atoms with van der Waals surface area (Å²) in [5.74, 6) is 1.88. The maximum atomic E-state index is 12.8. The van der Waals surface area contributed by atoms with Gasteiger partial charge in [-0.3, -0.25) is 0 Å². The molecule has 1 aromatic heterocycles. The van der Waals surface area contributed by atoms with E-state index in [-0.39, 0.29) is 6.04 Å². The van der Waals surface area contributed by atoms with Gasteiger partial charge in [-0.15, -0.1) is 0 Å². The molecule has 0 bridgehead atoms. The summed E-state index contributed by atoms with van der Waals surface area (Å²) in [4.78, 5) is 3.31. The van der Waals surface area contributed by atoms with Crippen LogP contribution in [0.1, 0.15) is 6.42 Å². The summed E-state index contributed by atoms with van der Waals surface area (Å²) in [5.41, 5.74) is 7.11. The lowest BCUT2D eigenvalue weighted by atomic mass is 10.2. The SMILES string of the molecule is CN(C1CCSC1)S(=O)(=O)c1c[nH]c2ccc(N)cc12. The van der Waals surface area contributed by atoms with E-state index in [0.29, 0.717) is 16.0 Å². The van der Waals surface area contributed by atoms with Crippen LogP contribution < -0.4 is 5.73 Å². The number of nitrogens with zero attached hydrogens (tertiary/aromatic N) is 1. The third-order valence-corrected chi connectivity index (χ3v) is 6.84. The Kier molecular flexibility index (Phi) is 3.43. The van der Waals surface area contributed by atoms with Crippen molar-refractivity contribution in [2.24, 2.45) is 0 Å². The first-order chi connectivity index (χ1) is 9.50. The molecule has 0 aliphatic carbocycles. The standard InChI is InChI=1S/C13H17N3O2S2/c1-16(10-4-5-19-8-10)20(17,18)13-7-15-12-3-2-9(14)6-11(12)13/h2-3,6-7,10,15H,4-5,8,14H2,1H3. The normalized spacial score (nSPS) is 20.0. The van der Waals surface area contributed by atoms with Crippen LogP contribution >= 0.6 is 11.8 Å². The van der Waals surface area contributed by atoms with Crippen molar-refractivity contribution in [1.82, 2.24) is 9.29 Å². The molecule has 7 heteroatoms. The van der Waals surface area contributed by atoms with Gasteiger partial charge in [0.05, 0.1) is 0 Å². The number of rotatable bonds is 3. The lowest BCUT2D eigenvalue weighted by Gasteiger charge is -2.22. The summed E-state index contributed by atoms with van der Waals surface area (Å²) in [6, 6.07) is 5.34. The fourth-order valence-electron chi connectivity index (χ4n) is 2.49. The molecule has 5 nitrogen and oxygen atoms in total. The van der Waals surface area contributed by atoms with E-state index in [9.17, 15) is 8.42 Å². The second-order valence-corrected chi connectivity index (χ2v) is 8.11. The molecule has 1 atom stereocenters. The molecule has 1 fully saturated rings. The van der Waals surface area contributed by atoms with E-state index in [1.165, 1.54) is 4.31 Å². The van der Waals surface area contributed by atoms with Gasteiger partial charge in [-0.25, -0.2) is 8.42 Å². The first-order valence-electron chi connectivity index (χ1n) is 6.42. The number of aromatic nitrogens is 1. The quantitative estimate of drug-likeness (QED) is 0.848. The number of thioether (sulfide) groups is 1. The predicted octanol–water partition coefficient (Wildman–Crippen LogP) is 1.88. The third-order valence-electron chi connectivity index (χ3n) is 3.74. The summed E-state index contributed by atoms with van der Waals surface area (Å²) in [6.07, 6.45) is 2.46. The minimum atomic E-state index is -3.49. The number of sulfonamides is 1. The van der Waals surface area contributed by atoms with Crippen molar-refractivity contribution < 1.29 is 8.42 Å². The van der Waals surface area contributed by atoms with Crippen LogP contribution in [-0.4, -0.2) is 42.3 Å². The van der Waals surface area contributed by atoms with Crippen LogP contribution in [0.2, 0.25) is 0 Å². The molecule has 3 rings (SSSR count). The molecule has 1 aromatic carbocycles. The molecule has 0 radical (unpaired) electrons. The zero-order chi connectivity index (χ0) is 14.3. The Morgan fingerprint density at radius 3 is 2.95 bits per heavy atom. The van der Waals surface area contributed by atoms with Crippen molar-refractivity contribution in [1.29, 1.82) is 0 Å². The fourth-order valence-corrected chi connectivity index (χ4v) is 5.39. The number of benzene rings is 1. The smallest absolute Gasteiger partial charge is 0.245 e. The van der Waals surface area contributed by atoms with Crippen LogP contribution in [0.5, 0.6) is 0 Å². The van der Waals surface area contributed by atoms with Gasteiger partial charge in [-0.2, -0.15) is 16.1 Å². The molecule has 1 aliphatic heterocycles. The lowest BCUT2D eigenvalue weighted by molar-refractivity contribution is 0.395. The maximum Gasteiger partial charge on any atom is 0.245 e. The summed E-state index contributed by atoms with van der Waals surface area (Å²) in [7, 11) is -1.83. The van der Waals surface area contributed by atoms with E-state index in [4.69, 9.17) is 5.73 Å². The second kappa shape index (κ2) is 4.98. The van der Waals surface area contributed by atoms with Gasteiger partial charge < -0.3 is 10.7 Å². The van der Waals surface area contributed by atoms with E-state index < -0.39 is 10.0 Å². The molecule has 108 valence electrons. The van der Waals surface area contributed by atoms with Crippen molar-refractivity contribution in [2.45, 2.75) is 17.4 Å². The van der Waals surface area contributed by atoms with E-state index >= 15 is 0 Å². The highest BCUT2D eigenvalue weighted by Gasteiger charge is 2.31. The third kappa shape index (κ3) is 2.19. The molecule has 0 spiro atoms. The number of hydrogen-bond donors (Lipinski definition) is 2. The van der Waals surface area contributed by atoms with Gasteiger partial charge in [0.1, 0.15) is 4.90 Å². The fraction of sp³-hybridized carbons (Fsp3) is 0.385. The van der Waals surface area contributed by atoms with Crippen LogP contribution in [0.15, 0.2) is 29.3 Å². The lowest BCUT2D eigenvalue weighted by Crippen LogP contribution is -2.36. The minimum absolute atomic E-state index is 0.0796. The first kappa shape index (κ1) is 13.8. The van der Waals surface area contributed by atoms with Gasteiger partial charge in [-0.05, 0) is 30.4 Å². The number of fused-ring (bicyclic) bond motifs is 1. The summed E-state index contributed by atoms with van der Waals surface area (Å²) >= 11 is 1.80. The number of nitrogen functional groups attached to an aromatic ring is 1. The Labute approximate surface area is 122 Å². The van der Waals surface area contributed by atoms with Gasteiger partial charge in [0, 0.05) is 41.6 Å². The van der Waals surface area contributed by atoms with Crippen molar-refractivity contribution in [3.63, 3.8) is 0 Å². The summed E-state index contributed by atoms with van der Waals surface area (Å²) in [5, 5.41) is 0.655. The van der Waals surface area contributed by atoms with Crippen molar-refractivity contribution in [2.75, 3.05) is 24.3 Å². The molecule has 1 unspecified atom stereocenters. The van der Waals surface area contributed by atoms with Crippen molar-refractivity contribution >= 4 is 38.4 Å². The van der Waals surface area contributed by atoms with E-state index in [1.54, 1.807) is 43.2 Å². The van der Waals surface area contributed by atoms with E-state index in [0.717, 1.165) is 23.4 Å². The highest BCUT2D eigenvalue weighted by molar-refractivity contribution is 7.99. The Balaban J connectivity index is 2.06. The monoisotopic (exact) mass is 311 g/mol. The minimum Gasteiger partial charge on any atom is -0.399 e. The van der Waals surface area contributed by atoms with E-state index in [2.05, 4.69) is 4.98 Å². The van der Waals surface area contributed by atoms with Gasteiger partial charge in [0.2, 0.25) is 10.0 Å². The number of hydrogen-bond acceptors (Lipinski definition) is 4. The summed E-state index contributed by atoms with van der Waals surface area (Å²) in [6.45, 7) is 0. The van der Waals surface area contributed by atoms with Gasteiger partial charge in [0.15, 0.2) is 0 Å². The molecule has 3 N–H and O–H groups in total. The topological polar surface area (TPSA) is 79.2 Å².